The maximum Gasteiger partial charge on any atom is 0.323 e. The molecule has 3 aromatic rings. The van der Waals surface area contributed by atoms with Gasteiger partial charge in [0.25, 0.3) is 5.91 Å². The first-order valence-corrected chi connectivity index (χ1v) is 13.6. The lowest BCUT2D eigenvalue weighted by atomic mass is 10.1. The molecule has 4 rings (SSSR count). The van der Waals surface area contributed by atoms with Crippen molar-refractivity contribution in [1.29, 1.82) is 0 Å². The van der Waals surface area contributed by atoms with Crippen LogP contribution in [0.25, 0.3) is 0 Å². The van der Waals surface area contributed by atoms with Crippen LogP contribution in [0.2, 0.25) is 0 Å². The van der Waals surface area contributed by atoms with Gasteiger partial charge in [0.05, 0.1) is 7.11 Å². The number of aromatic nitrogens is 1. The topological polar surface area (TPSA) is 114 Å². The Morgan fingerprint density at radius 2 is 1.57 bits per heavy atom. The van der Waals surface area contributed by atoms with Crippen LogP contribution in [0.15, 0.2) is 60.8 Å². The van der Waals surface area contributed by atoms with Gasteiger partial charge in [-0.3, -0.25) is 14.7 Å². The zero-order chi connectivity index (χ0) is 28.7. The molecule has 0 unspecified atom stereocenters. The van der Waals surface area contributed by atoms with Crippen LogP contribution in [-0.4, -0.2) is 62.2 Å². The van der Waals surface area contributed by atoms with E-state index in [4.69, 9.17) is 14.2 Å². The quantitative estimate of drug-likeness (QED) is 0.294. The lowest BCUT2D eigenvalue weighted by Gasteiger charge is -2.26. The predicted octanol–water partition coefficient (Wildman–Crippen LogP) is 5.78. The Balaban J connectivity index is 0.00000216. The molecular weight excluding hydrogens is 510 g/mol. The zero-order valence-electron chi connectivity index (χ0n) is 23.7. The van der Waals surface area contributed by atoms with E-state index in [9.17, 15) is 9.59 Å². The molecule has 0 radical (unpaired) electrons. The summed E-state index contributed by atoms with van der Waals surface area (Å²) in [5, 5.41) is 8.15. The van der Waals surface area contributed by atoms with E-state index < -0.39 is 6.03 Å². The van der Waals surface area contributed by atoms with Gasteiger partial charge in [-0.2, -0.15) is 0 Å². The number of hydrogen-bond acceptors (Lipinski definition) is 7. The van der Waals surface area contributed by atoms with Crippen molar-refractivity contribution in [2.75, 3.05) is 51.0 Å². The summed E-state index contributed by atoms with van der Waals surface area (Å²) >= 11 is 0. The molecule has 10 nitrogen and oxygen atoms in total. The molecule has 0 atom stereocenters. The average Bonchev–Trinajstić information content (AvgIpc) is 2.99. The van der Waals surface area contributed by atoms with Crippen molar-refractivity contribution in [2.24, 2.45) is 0 Å². The fourth-order valence-corrected chi connectivity index (χ4v) is 4.10. The van der Waals surface area contributed by atoms with E-state index >= 15 is 0 Å². The monoisotopic (exact) mass is 549 g/mol. The molecule has 0 spiro atoms. The van der Waals surface area contributed by atoms with Crippen molar-refractivity contribution in [3.63, 3.8) is 0 Å². The lowest BCUT2D eigenvalue weighted by molar-refractivity contribution is 0.0957. The van der Waals surface area contributed by atoms with Crippen molar-refractivity contribution in [3.05, 3.63) is 66.5 Å². The number of nitrogens with zero attached hydrogens (tertiary/aromatic N) is 2. The van der Waals surface area contributed by atoms with Gasteiger partial charge in [0, 0.05) is 43.3 Å². The van der Waals surface area contributed by atoms with Gasteiger partial charge < -0.3 is 30.2 Å². The number of methoxy groups -OCH3 is 1. The predicted molar refractivity (Wildman–Crippen MR) is 157 cm³/mol. The molecule has 1 saturated heterocycles. The number of benzene rings is 2. The minimum Gasteiger partial charge on any atom is -0.493 e. The molecule has 1 aliphatic heterocycles. The van der Waals surface area contributed by atoms with Crippen molar-refractivity contribution >= 4 is 23.3 Å². The molecule has 1 aromatic heterocycles. The van der Waals surface area contributed by atoms with Crippen LogP contribution in [0.1, 0.15) is 43.6 Å². The normalized spacial score (nSPS) is 12.8. The summed E-state index contributed by atoms with van der Waals surface area (Å²) < 4.78 is 17.2. The maximum absolute atomic E-state index is 12.6. The number of likely N-dealkylation sites (tertiary alicyclic amines) is 1. The number of hydrogen-bond donors (Lipinski definition) is 3. The maximum atomic E-state index is 12.6. The molecule has 1 aliphatic rings. The molecule has 3 amide bonds. The highest BCUT2D eigenvalue weighted by molar-refractivity contribution is 6.00. The first-order valence-electron chi connectivity index (χ1n) is 13.6. The van der Waals surface area contributed by atoms with Crippen LogP contribution in [-0.2, 0) is 0 Å². The summed E-state index contributed by atoms with van der Waals surface area (Å²) in [7, 11) is 3.13. The van der Waals surface area contributed by atoms with Crippen LogP contribution >= 0.6 is 0 Å². The standard InChI is InChI=1S/C28H33N5O5.C2H6/c1-29-27(34)24-19-23(12-13-30-24)38-22-9-6-20(7-10-22)31-28(35)32-21-8-11-25(36-2)26(18-21)37-17-16-33-14-4-3-5-15-33;1-2/h6-13,18-19H,3-5,14-17H2,1-2H3,(H,29,34)(H2,31,32,35);1-2H3. The van der Waals surface area contributed by atoms with Crippen LogP contribution in [0, 0.1) is 0 Å². The van der Waals surface area contributed by atoms with E-state index in [1.54, 1.807) is 61.7 Å². The molecule has 1 fully saturated rings. The number of anilines is 2. The second-order valence-corrected chi connectivity index (χ2v) is 8.78. The summed E-state index contributed by atoms with van der Waals surface area (Å²) in [6, 6.07) is 15.0. The van der Waals surface area contributed by atoms with Gasteiger partial charge in [-0.25, -0.2) is 4.79 Å². The van der Waals surface area contributed by atoms with Crippen molar-refractivity contribution in [1.82, 2.24) is 15.2 Å². The summed E-state index contributed by atoms with van der Waals surface area (Å²) in [5.41, 5.74) is 1.43. The fourth-order valence-electron chi connectivity index (χ4n) is 4.10. The molecule has 0 aliphatic carbocycles. The summed E-state index contributed by atoms with van der Waals surface area (Å²) in [6.07, 6.45) is 5.27. The van der Waals surface area contributed by atoms with Crippen LogP contribution in [0.5, 0.6) is 23.0 Å². The first-order chi connectivity index (χ1) is 19.5. The summed E-state index contributed by atoms with van der Waals surface area (Å²) in [5.74, 6) is 1.92. The molecule has 2 aromatic carbocycles. The van der Waals surface area contributed by atoms with E-state index in [1.807, 2.05) is 13.8 Å². The Morgan fingerprint density at radius 1 is 0.875 bits per heavy atom. The number of piperidine rings is 1. The minimum atomic E-state index is -0.396. The number of carbonyl (C=O) groups is 2. The summed E-state index contributed by atoms with van der Waals surface area (Å²) in [6.45, 7) is 7.62. The van der Waals surface area contributed by atoms with Gasteiger partial charge in [0.1, 0.15) is 23.8 Å². The van der Waals surface area contributed by atoms with Gasteiger partial charge in [-0.1, -0.05) is 20.3 Å². The Hall–Kier alpha value is -4.31. The van der Waals surface area contributed by atoms with Crippen LogP contribution < -0.4 is 30.2 Å². The van der Waals surface area contributed by atoms with Gasteiger partial charge in [0.15, 0.2) is 11.5 Å². The lowest BCUT2D eigenvalue weighted by Crippen LogP contribution is -2.33. The van der Waals surface area contributed by atoms with Crippen LogP contribution in [0.4, 0.5) is 16.2 Å². The molecule has 3 N–H and O–H groups in total. The molecule has 10 heteroatoms. The van der Waals surface area contributed by atoms with Crippen molar-refractivity contribution in [3.8, 4) is 23.0 Å². The Bertz CT molecular complexity index is 1230. The first kappa shape index (κ1) is 30.2. The second kappa shape index (κ2) is 15.9. The highest BCUT2D eigenvalue weighted by Gasteiger charge is 2.12. The minimum absolute atomic E-state index is 0.258. The van der Waals surface area contributed by atoms with Crippen molar-refractivity contribution in [2.45, 2.75) is 33.1 Å². The third kappa shape index (κ3) is 9.16. The van der Waals surface area contributed by atoms with E-state index in [0.29, 0.717) is 41.0 Å². The Labute approximate surface area is 236 Å². The van der Waals surface area contributed by atoms with Gasteiger partial charge in [-0.15, -0.1) is 0 Å². The fraction of sp³-hybridized carbons (Fsp3) is 0.367. The average molecular weight is 550 g/mol. The summed E-state index contributed by atoms with van der Waals surface area (Å²) in [4.78, 5) is 30.8. The number of amides is 3. The highest BCUT2D eigenvalue weighted by Crippen LogP contribution is 2.30. The van der Waals surface area contributed by atoms with E-state index in [0.717, 1.165) is 19.6 Å². The zero-order valence-corrected chi connectivity index (χ0v) is 23.7. The molecule has 40 heavy (non-hydrogen) atoms. The molecule has 2 heterocycles. The number of ether oxygens (including phenoxy) is 3. The third-order valence-electron chi connectivity index (χ3n) is 6.07. The molecular formula is C30H39N5O5. The largest absolute Gasteiger partial charge is 0.493 e. The number of nitrogens with one attached hydrogen (secondary N) is 3. The smallest absolute Gasteiger partial charge is 0.323 e. The number of pyridine rings is 1. The molecule has 214 valence electrons. The van der Waals surface area contributed by atoms with E-state index in [2.05, 4.69) is 25.8 Å². The Kier molecular flexibility index (Phi) is 12.1. The van der Waals surface area contributed by atoms with Crippen LogP contribution in [0.3, 0.4) is 0 Å². The second-order valence-electron chi connectivity index (χ2n) is 8.78. The van der Waals surface area contributed by atoms with E-state index in [-0.39, 0.29) is 11.6 Å². The van der Waals surface area contributed by atoms with Gasteiger partial charge in [-0.05, 0) is 68.4 Å². The molecule has 0 bridgehead atoms. The number of carbonyl (C=O) groups excluding carboxylic acids is 2. The van der Waals surface area contributed by atoms with Gasteiger partial charge in [0.2, 0.25) is 0 Å². The Morgan fingerprint density at radius 3 is 2.27 bits per heavy atom. The number of urea groups is 1. The highest BCUT2D eigenvalue weighted by atomic mass is 16.5. The van der Waals surface area contributed by atoms with Gasteiger partial charge >= 0.3 is 6.03 Å². The third-order valence-corrected chi connectivity index (χ3v) is 6.07. The van der Waals surface area contributed by atoms with Crippen molar-refractivity contribution < 1.29 is 23.8 Å². The van der Waals surface area contributed by atoms with E-state index in [1.165, 1.54) is 32.5 Å². The number of rotatable bonds is 10. The molecule has 0 saturated carbocycles. The SMILES string of the molecule is CC.CNC(=O)c1cc(Oc2ccc(NC(=O)Nc3ccc(OC)c(OCCN4CCCCC4)c3)cc2)ccn1.